The van der Waals surface area contributed by atoms with Crippen LogP contribution in [-0.2, 0) is 10.2 Å². The lowest BCUT2D eigenvalue weighted by atomic mass is 9.63. The van der Waals surface area contributed by atoms with Gasteiger partial charge in [-0.25, -0.2) is 4.39 Å². The Kier molecular flexibility index (Phi) is 5.28. The van der Waals surface area contributed by atoms with Gasteiger partial charge in [-0.1, -0.05) is 26.8 Å². The van der Waals surface area contributed by atoms with Crippen molar-refractivity contribution in [3.63, 3.8) is 0 Å². The Morgan fingerprint density at radius 1 is 1.14 bits per heavy atom. The molecule has 4 heteroatoms. The van der Waals surface area contributed by atoms with Gasteiger partial charge in [0.05, 0.1) is 6.04 Å². The van der Waals surface area contributed by atoms with Gasteiger partial charge in [0.25, 0.3) is 0 Å². The van der Waals surface area contributed by atoms with Crippen LogP contribution in [0.4, 0.5) is 4.39 Å². The molecule has 2 saturated heterocycles. The van der Waals surface area contributed by atoms with E-state index in [-0.39, 0.29) is 23.2 Å². The van der Waals surface area contributed by atoms with E-state index in [9.17, 15) is 9.18 Å². The number of amides is 1. The third-order valence-electron chi connectivity index (χ3n) is 7.32. The van der Waals surface area contributed by atoms with Crippen molar-refractivity contribution in [3.05, 3.63) is 35.1 Å². The zero-order valence-electron chi connectivity index (χ0n) is 17.8. The van der Waals surface area contributed by atoms with Crippen LogP contribution in [0.1, 0.15) is 82.9 Å². The Labute approximate surface area is 169 Å². The maximum atomic E-state index is 14.3. The van der Waals surface area contributed by atoms with Crippen LogP contribution in [-0.4, -0.2) is 41.9 Å². The number of hydrogen-bond acceptors (Lipinski definition) is 2. The molecule has 154 valence electrons. The summed E-state index contributed by atoms with van der Waals surface area (Å²) in [7, 11) is 0. The minimum Gasteiger partial charge on any atom is -0.336 e. The molecule has 1 spiro atoms. The highest BCUT2D eigenvalue weighted by Gasteiger charge is 2.44. The Bertz CT molecular complexity index is 731. The highest BCUT2D eigenvalue weighted by molar-refractivity contribution is 5.78. The summed E-state index contributed by atoms with van der Waals surface area (Å²) in [6.07, 6.45) is 7.14. The fraction of sp³-hybridized carbons (Fsp3) is 0.708. The molecule has 0 saturated carbocycles. The summed E-state index contributed by atoms with van der Waals surface area (Å²) in [6, 6.07) is 5.49. The molecule has 0 N–H and O–H groups in total. The number of fused-ring (bicyclic) bond motifs is 2. The minimum absolute atomic E-state index is 0.0922. The fourth-order valence-electron chi connectivity index (χ4n) is 5.52. The molecule has 1 aromatic rings. The molecule has 2 heterocycles. The molecular weight excluding hydrogens is 351 g/mol. The van der Waals surface area contributed by atoms with Gasteiger partial charge in [-0.05, 0) is 92.2 Å². The van der Waals surface area contributed by atoms with E-state index in [0.29, 0.717) is 11.8 Å². The van der Waals surface area contributed by atoms with Crippen LogP contribution in [0, 0.1) is 11.2 Å². The van der Waals surface area contributed by atoms with Crippen molar-refractivity contribution in [2.24, 2.45) is 5.41 Å². The van der Waals surface area contributed by atoms with Gasteiger partial charge in [-0.3, -0.25) is 4.79 Å². The van der Waals surface area contributed by atoms with E-state index in [0.717, 1.165) is 58.3 Å². The molecule has 0 bridgehead atoms. The zero-order chi connectivity index (χ0) is 19.9. The van der Waals surface area contributed by atoms with Gasteiger partial charge >= 0.3 is 0 Å². The second-order valence-electron chi connectivity index (χ2n) is 10.4. The van der Waals surface area contributed by atoms with Crippen molar-refractivity contribution in [2.45, 2.75) is 77.2 Å². The molecule has 1 amide bonds. The van der Waals surface area contributed by atoms with Crippen molar-refractivity contribution in [1.29, 1.82) is 0 Å². The maximum absolute atomic E-state index is 14.3. The third-order valence-corrected chi connectivity index (χ3v) is 7.32. The van der Waals surface area contributed by atoms with Gasteiger partial charge in [0, 0.05) is 13.0 Å². The lowest BCUT2D eigenvalue weighted by Gasteiger charge is -2.48. The molecule has 1 aliphatic carbocycles. The first kappa shape index (κ1) is 19.9. The van der Waals surface area contributed by atoms with E-state index in [4.69, 9.17) is 0 Å². The molecule has 4 rings (SSSR count). The van der Waals surface area contributed by atoms with Gasteiger partial charge in [-0.2, -0.15) is 0 Å². The lowest BCUT2D eigenvalue weighted by Crippen LogP contribution is -2.47. The first-order chi connectivity index (χ1) is 13.3. The first-order valence-corrected chi connectivity index (χ1v) is 11.1. The first-order valence-electron chi connectivity index (χ1n) is 11.1. The Balaban J connectivity index is 1.54. The molecule has 2 aliphatic heterocycles. The standard InChI is InChI=1S/C24H35FN2O/c1-23(2,3)10-14-26-15-11-24(12-16-26)9-8-21(27-13-4-5-22(27)28)19-7-6-18(25)17-20(19)24/h6-7,17,21H,4-5,8-16H2,1-3H3/t21-/m1/s1. The highest BCUT2D eigenvalue weighted by Crippen LogP contribution is 2.50. The summed E-state index contributed by atoms with van der Waals surface area (Å²) in [5, 5.41) is 0. The molecule has 0 aromatic heterocycles. The minimum atomic E-state index is -0.137. The molecule has 0 radical (unpaired) electrons. The number of hydrogen-bond donors (Lipinski definition) is 0. The van der Waals surface area contributed by atoms with Crippen LogP contribution >= 0.6 is 0 Å². The highest BCUT2D eigenvalue weighted by atomic mass is 19.1. The van der Waals surface area contributed by atoms with Crippen molar-refractivity contribution in [1.82, 2.24) is 9.80 Å². The van der Waals surface area contributed by atoms with E-state index >= 15 is 0 Å². The summed E-state index contributed by atoms with van der Waals surface area (Å²) < 4.78 is 14.3. The summed E-state index contributed by atoms with van der Waals surface area (Å²) in [6.45, 7) is 11.1. The van der Waals surface area contributed by atoms with Gasteiger partial charge in [0.15, 0.2) is 0 Å². The van der Waals surface area contributed by atoms with Crippen LogP contribution in [0.5, 0.6) is 0 Å². The summed E-state index contributed by atoms with van der Waals surface area (Å²) in [5.74, 6) is 0.134. The van der Waals surface area contributed by atoms with Crippen LogP contribution in [0.25, 0.3) is 0 Å². The summed E-state index contributed by atoms with van der Waals surface area (Å²) >= 11 is 0. The average Bonchev–Trinajstić information content (AvgIpc) is 3.07. The Hall–Kier alpha value is -1.42. The second kappa shape index (κ2) is 7.44. The van der Waals surface area contributed by atoms with Crippen LogP contribution < -0.4 is 0 Å². The van der Waals surface area contributed by atoms with Gasteiger partial charge in [0.2, 0.25) is 5.91 Å². The SMILES string of the molecule is CC(C)(C)CCN1CCC2(CC[C@@H](N3CCCC3=O)c3ccc(F)cc32)CC1. The van der Waals surface area contributed by atoms with Gasteiger partial charge < -0.3 is 9.80 Å². The Morgan fingerprint density at radius 2 is 1.89 bits per heavy atom. The second-order valence-corrected chi connectivity index (χ2v) is 10.4. The Morgan fingerprint density at radius 3 is 2.54 bits per heavy atom. The lowest BCUT2D eigenvalue weighted by molar-refractivity contribution is -0.130. The number of benzene rings is 1. The molecule has 28 heavy (non-hydrogen) atoms. The molecule has 3 aliphatic rings. The average molecular weight is 387 g/mol. The number of nitrogens with zero attached hydrogens (tertiary/aromatic N) is 2. The number of likely N-dealkylation sites (tertiary alicyclic amines) is 2. The monoisotopic (exact) mass is 386 g/mol. The quantitative estimate of drug-likeness (QED) is 0.725. The molecule has 2 fully saturated rings. The topological polar surface area (TPSA) is 23.6 Å². The van der Waals surface area contributed by atoms with E-state index in [1.807, 2.05) is 6.07 Å². The zero-order valence-corrected chi connectivity index (χ0v) is 17.8. The molecule has 1 aromatic carbocycles. The van der Waals surface area contributed by atoms with E-state index < -0.39 is 0 Å². The third kappa shape index (κ3) is 3.85. The fourth-order valence-corrected chi connectivity index (χ4v) is 5.52. The summed E-state index contributed by atoms with van der Waals surface area (Å²) in [4.78, 5) is 17.0. The van der Waals surface area contributed by atoms with Crippen molar-refractivity contribution in [2.75, 3.05) is 26.2 Å². The number of halogens is 1. The number of carbonyl (C=O) groups is 1. The number of piperidine rings is 1. The smallest absolute Gasteiger partial charge is 0.223 e. The van der Waals surface area contributed by atoms with Crippen LogP contribution in [0.3, 0.4) is 0 Å². The number of carbonyl (C=O) groups excluding carboxylic acids is 1. The van der Waals surface area contributed by atoms with Crippen LogP contribution in [0.15, 0.2) is 18.2 Å². The predicted molar refractivity (Wildman–Crippen MR) is 111 cm³/mol. The molecule has 3 nitrogen and oxygen atoms in total. The van der Waals surface area contributed by atoms with Crippen molar-refractivity contribution < 1.29 is 9.18 Å². The van der Waals surface area contributed by atoms with E-state index in [1.54, 1.807) is 12.1 Å². The summed E-state index contributed by atoms with van der Waals surface area (Å²) in [5.41, 5.74) is 2.87. The van der Waals surface area contributed by atoms with Crippen LogP contribution in [0.2, 0.25) is 0 Å². The number of rotatable bonds is 3. The largest absolute Gasteiger partial charge is 0.336 e. The molecule has 0 unspecified atom stereocenters. The molecular formula is C24H35FN2O. The predicted octanol–water partition coefficient (Wildman–Crippen LogP) is 5.05. The van der Waals surface area contributed by atoms with Gasteiger partial charge in [0.1, 0.15) is 5.82 Å². The normalized spacial score (nSPS) is 25.4. The van der Waals surface area contributed by atoms with E-state index in [1.165, 1.54) is 17.5 Å². The van der Waals surface area contributed by atoms with Crippen molar-refractivity contribution >= 4 is 5.91 Å². The maximum Gasteiger partial charge on any atom is 0.223 e. The molecule has 1 atom stereocenters. The van der Waals surface area contributed by atoms with Crippen molar-refractivity contribution in [3.8, 4) is 0 Å². The van der Waals surface area contributed by atoms with Gasteiger partial charge in [-0.15, -0.1) is 0 Å². The van der Waals surface area contributed by atoms with E-state index in [2.05, 4.69) is 30.6 Å².